The number of thioether (sulfide) groups is 1. The standard InChI is InChI=1S/C23H30N2O5S2/c1-3-29-20-6-8-21(9-7-20)30-16-17-31-18-23(26)24-12-14-25(15-13-24)32(27,28)22-10-4-19(2)5-11-22/h4-11H,3,12-18H2,1-2H3. The third-order valence-corrected chi connectivity index (χ3v) is 7.93. The van der Waals surface area contributed by atoms with Gasteiger partial charge in [-0.25, -0.2) is 8.42 Å². The van der Waals surface area contributed by atoms with Crippen LogP contribution in [0.4, 0.5) is 0 Å². The Morgan fingerprint density at radius 3 is 2.12 bits per heavy atom. The lowest BCUT2D eigenvalue weighted by Crippen LogP contribution is -2.51. The molecule has 2 aromatic rings. The molecule has 0 bridgehead atoms. The van der Waals surface area contributed by atoms with E-state index in [9.17, 15) is 13.2 Å². The number of benzene rings is 2. The van der Waals surface area contributed by atoms with Crippen LogP contribution in [0.25, 0.3) is 0 Å². The van der Waals surface area contributed by atoms with E-state index in [2.05, 4.69) is 0 Å². The summed E-state index contributed by atoms with van der Waals surface area (Å²) in [5.74, 6) is 2.67. The van der Waals surface area contributed by atoms with E-state index >= 15 is 0 Å². The molecule has 1 amide bonds. The van der Waals surface area contributed by atoms with E-state index in [0.717, 1.165) is 17.1 Å². The summed E-state index contributed by atoms with van der Waals surface area (Å²) in [6.07, 6.45) is 0. The first-order chi connectivity index (χ1) is 15.4. The average Bonchev–Trinajstić information content (AvgIpc) is 2.80. The fourth-order valence-electron chi connectivity index (χ4n) is 3.31. The highest BCUT2D eigenvalue weighted by Crippen LogP contribution is 2.19. The van der Waals surface area contributed by atoms with Crippen molar-refractivity contribution in [2.45, 2.75) is 18.7 Å². The van der Waals surface area contributed by atoms with Crippen molar-refractivity contribution in [3.05, 3.63) is 54.1 Å². The van der Waals surface area contributed by atoms with Crippen molar-refractivity contribution in [2.75, 3.05) is 50.9 Å². The second-order valence-corrected chi connectivity index (χ2v) is 10.4. The van der Waals surface area contributed by atoms with Crippen LogP contribution in [-0.2, 0) is 14.8 Å². The molecule has 0 radical (unpaired) electrons. The SMILES string of the molecule is CCOc1ccc(OCCSCC(=O)N2CCN(S(=O)(=O)c3ccc(C)cc3)CC2)cc1. The van der Waals surface area contributed by atoms with E-state index in [1.54, 1.807) is 29.2 Å². The minimum absolute atomic E-state index is 0.0310. The Labute approximate surface area is 194 Å². The van der Waals surface area contributed by atoms with Gasteiger partial charge in [0.05, 0.1) is 23.9 Å². The molecule has 174 valence electrons. The van der Waals surface area contributed by atoms with E-state index in [1.807, 2.05) is 38.1 Å². The van der Waals surface area contributed by atoms with Crippen LogP contribution < -0.4 is 9.47 Å². The Morgan fingerprint density at radius 1 is 0.938 bits per heavy atom. The second-order valence-electron chi connectivity index (χ2n) is 7.40. The highest BCUT2D eigenvalue weighted by Gasteiger charge is 2.29. The van der Waals surface area contributed by atoms with Crippen LogP contribution in [-0.4, -0.2) is 74.4 Å². The van der Waals surface area contributed by atoms with Crippen LogP contribution in [0, 0.1) is 6.92 Å². The molecule has 0 aromatic heterocycles. The van der Waals surface area contributed by atoms with E-state index in [-0.39, 0.29) is 5.91 Å². The van der Waals surface area contributed by atoms with Gasteiger partial charge in [0.1, 0.15) is 11.5 Å². The number of carbonyl (C=O) groups is 1. The first kappa shape index (κ1) is 24.4. The quantitative estimate of drug-likeness (QED) is 0.489. The zero-order chi connectivity index (χ0) is 23.0. The highest BCUT2D eigenvalue weighted by molar-refractivity contribution is 7.99. The number of aryl methyl sites for hydroxylation is 1. The number of carbonyl (C=O) groups excluding carboxylic acids is 1. The first-order valence-electron chi connectivity index (χ1n) is 10.7. The third kappa shape index (κ3) is 6.63. The van der Waals surface area contributed by atoms with E-state index in [4.69, 9.17) is 9.47 Å². The molecule has 0 N–H and O–H groups in total. The van der Waals surface area contributed by atoms with Gasteiger partial charge in [-0.05, 0) is 50.2 Å². The minimum atomic E-state index is -3.52. The maximum Gasteiger partial charge on any atom is 0.243 e. The summed E-state index contributed by atoms with van der Waals surface area (Å²) in [5, 5.41) is 0. The molecule has 0 atom stereocenters. The largest absolute Gasteiger partial charge is 0.494 e. The summed E-state index contributed by atoms with van der Waals surface area (Å²) in [5.41, 5.74) is 1.02. The van der Waals surface area contributed by atoms with E-state index < -0.39 is 10.0 Å². The van der Waals surface area contributed by atoms with Crippen molar-refractivity contribution in [3.8, 4) is 11.5 Å². The summed E-state index contributed by atoms with van der Waals surface area (Å²) < 4.78 is 38.1. The fraction of sp³-hybridized carbons (Fsp3) is 0.435. The zero-order valence-electron chi connectivity index (χ0n) is 18.5. The van der Waals surface area contributed by atoms with Crippen molar-refractivity contribution in [2.24, 2.45) is 0 Å². The molecular weight excluding hydrogens is 448 g/mol. The highest BCUT2D eigenvalue weighted by atomic mass is 32.2. The Morgan fingerprint density at radius 2 is 1.53 bits per heavy atom. The van der Waals surface area contributed by atoms with Gasteiger partial charge in [0.2, 0.25) is 15.9 Å². The minimum Gasteiger partial charge on any atom is -0.494 e. The Bertz CT molecular complexity index is 970. The Balaban J connectivity index is 1.36. The van der Waals surface area contributed by atoms with Crippen LogP contribution in [0.15, 0.2) is 53.4 Å². The Hall–Kier alpha value is -2.23. The van der Waals surface area contributed by atoms with Crippen LogP contribution in [0.5, 0.6) is 11.5 Å². The predicted octanol–water partition coefficient (Wildman–Crippen LogP) is 3.04. The number of sulfonamides is 1. The lowest BCUT2D eigenvalue weighted by molar-refractivity contribution is -0.129. The van der Waals surface area contributed by atoms with Gasteiger partial charge in [0, 0.05) is 31.9 Å². The maximum atomic E-state index is 12.8. The first-order valence-corrected chi connectivity index (χ1v) is 13.3. The van der Waals surface area contributed by atoms with Gasteiger partial charge in [0.15, 0.2) is 0 Å². The molecule has 1 aliphatic heterocycles. The van der Waals surface area contributed by atoms with Crippen molar-refractivity contribution in [3.63, 3.8) is 0 Å². The molecule has 1 saturated heterocycles. The van der Waals surface area contributed by atoms with Crippen LogP contribution in [0.1, 0.15) is 12.5 Å². The van der Waals surface area contributed by atoms with Crippen molar-refractivity contribution >= 4 is 27.7 Å². The van der Waals surface area contributed by atoms with Crippen molar-refractivity contribution in [1.29, 1.82) is 0 Å². The number of piperazine rings is 1. The molecule has 1 heterocycles. The van der Waals surface area contributed by atoms with Crippen LogP contribution in [0.2, 0.25) is 0 Å². The lowest BCUT2D eigenvalue weighted by Gasteiger charge is -2.34. The molecule has 7 nitrogen and oxygen atoms in total. The average molecular weight is 479 g/mol. The topological polar surface area (TPSA) is 76.2 Å². The zero-order valence-corrected chi connectivity index (χ0v) is 20.2. The van der Waals surface area contributed by atoms with Gasteiger partial charge >= 0.3 is 0 Å². The normalized spacial score (nSPS) is 14.9. The van der Waals surface area contributed by atoms with Crippen molar-refractivity contribution < 1.29 is 22.7 Å². The summed E-state index contributed by atoms with van der Waals surface area (Å²) in [4.78, 5) is 14.5. The third-order valence-electron chi connectivity index (χ3n) is 5.11. The molecule has 0 aliphatic carbocycles. The predicted molar refractivity (Wildman–Crippen MR) is 127 cm³/mol. The Kier molecular flexibility index (Phi) is 8.84. The number of amides is 1. The molecule has 9 heteroatoms. The maximum absolute atomic E-state index is 12.8. The molecule has 1 aliphatic rings. The summed E-state index contributed by atoms with van der Waals surface area (Å²) >= 11 is 1.52. The van der Waals surface area contributed by atoms with Gasteiger partial charge in [0.25, 0.3) is 0 Å². The van der Waals surface area contributed by atoms with E-state index in [0.29, 0.717) is 55.8 Å². The molecule has 0 unspecified atom stereocenters. The molecule has 1 fully saturated rings. The van der Waals surface area contributed by atoms with Gasteiger partial charge < -0.3 is 14.4 Å². The molecule has 32 heavy (non-hydrogen) atoms. The number of hydrogen-bond donors (Lipinski definition) is 0. The van der Waals surface area contributed by atoms with Crippen LogP contribution in [0.3, 0.4) is 0 Å². The van der Waals surface area contributed by atoms with Gasteiger partial charge in [-0.1, -0.05) is 17.7 Å². The summed E-state index contributed by atoms with van der Waals surface area (Å²) in [6, 6.07) is 14.3. The number of hydrogen-bond acceptors (Lipinski definition) is 6. The number of rotatable bonds is 10. The fourth-order valence-corrected chi connectivity index (χ4v) is 5.43. The van der Waals surface area contributed by atoms with Gasteiger partial charge in [-0.15, -0.1) is 11.8 Å². The lowest BCUT2D eigenvalue weighted by atomic mass is 10.2. The number of nitrogens with zero attached hydrogens (tertiary/aromatic N) is 2. The molecule has 3 rings (SSSR count). The van der Waals surface area contributed by atoms with Crippen molar-refractivity contribution in [1.82, 2.24) is 9.21 Å². The van der Waals surface area contributed by atoms with E-state index in [1.165, 1.54) is 16.1 Å². The van der Waals surface area contributed by atoms with Crippen LogP contribution >= 0.6 is 11.8 Å². The van der Waals surface area contributed by atoms with Gasteiger partial charge in [-0.2, -0.15) is 4.31 Å². The molecule has 0 saturated carbocycles. The molecule has 2 aromatic carbocycles. The van der Waals surface area contributed by atoms with Gasteiger partial charge in [-0.3, -0.25) is 4.79 Å². The summed E-state index contributed by atoms with van der Waals surface area (Å²) in [6.45, 7) is 6.44. The summed E-state index contributed by atoms with van der Waals surface area (Å²) in [7, 11) is -3.52. The second kappa shape index (κ2) is 11.6. The number of ether oxygens (including phenoxy) is 2. The monoisotopic (exact) mass is 478 g/mol. The molecule has 0 spiro atoms. The molecular formula is C23H30N2O5S2. The smallest absolute Gasteiger partial charge is 0.243 e.